The van der Waals surface area contributed by atoms with Crippen molar-refractivity contribution in [1.82, 2.24) is 0 Å². The number of hydrogen-bond acceptors (Lipinski definition) is 9. The molecule has 1 N–H and O–H groups in total. The fraction of sp³-hybridized carbons (Fsp3) is 0.700. The number of hydrogen-bond donors (Lipinski definition) is 1. The molecular formula is C30H45N2O9+. The number of Topliss-reactive ketones (excluding diaryl/α,β-unsaturated/α-hetero) is 1. The third kappa shape index (κ3) is 7.55. The highest BCUT2D eigenvalue weighted by molar-refractivity contribution is 5.87. The number of carbonyl (C=O) groups excluding carboxylic acids is 3. The van der Waals surface area contributed by atoms with Crippen molar-refractivity contribution in [2.24, 2.45) is 17.3 Å². The molecule has 41 heavy (non-hydrogen) atoms. The molecule has 3 saturated carbocycles. The van der Waals surface area contributed by atoms with Crippen molar-refractivity contribution in [1.29, 1.82) is 0 Å². The van der Waals surface area contributed by atoms with Crippen molar-refractivity contribution in [3.63, 3.8) is 0 Å². The van der Waals surface area contributed by atoms with Crippen LogP contribution in [0.2, 0.25) is 0 Å². The summed E-state index contributed by atoms with van der Waals surface area (Å²) < 4.78 is 11.7. The number of ether oxygens (including phenoxy) is 2. The zero-order valence-electron chi connectivity index (χ0n) is 25.4. The Kier molecular flexibility index (Phi) is 9.73. The number of nitrogens with zero attached hydrogens (tertiary/aromatic N) is 2. The largest absolute Gasteiger partial charge is 0.508 e. The summed E-state index contributed by atoms with van der Waals surface area (Å²) in [5, 5.41) is 20.7. The Morgan fingerprint density at radius 1 is 1.12 bits per heavy atom. The minimum absolute atomic E-state index is 0.0115. The quantitative estimate of drug-likeness (QED) is 0.0854. The average Bonchev–Trinajstić information content (AvgIpc) is 2.83. The molecule has 0 radical (unpaired) electrons. The standard InChI is InChI=1S/C30H44N2O9/c1-29(2,28(36)39-12-10-8-9-11-13-40-31(37)38)19-14-24(34)27(25(15-19)41-26(35)18-32(5,6)7)20-16-23(33)22-17-21(20)30(22,3)4/h14-15,20-22H,8-13,16-18H2,1-7H3/p+1/t20-,21-,22+/m0/s1. The first-order chi connectivity index (χ1) is 18.9. The monoisotopic (exact) mass is 577 g/mol. The van der Waals surface area contributed by atoms with Crippen molar-refractivity contribution in [3.8, 4) is 11.5 Å². The Balaban J connectivity index is 1.80. The topological polar surface area (TPSA) is 142 Å². The van der Waals surface area contributed by atoms with Crippen LogP contribution in [0.1, 0.15) is 83.3 Å². The van der Waals surface area contributed by atoms with Gasteiger partial charge in [-0.2, -0.15) is 0 Å². The Labute approximate surface area is 241 Å². The van der Waals surface area contributed by atoms with Crippen molar-refractivity contribution in [2.75, 3.05) is 40.9 Å². The van der Waals surface area contributed by atoms with Gasteiger partial charge in [-0.15, -0.1) is 10.1 Å². The van der Waals surface area contributed by atoms with Crippen LogP contribution in [0.15, 0.2) is 12.1 Å². The summed E-state index contributed by atoms with van der Waals surface area (Å²) in [4.78, 5) is 53.5. The van der Waals surface area contributed by atoms with Crippen LogP contribution in [0.5, 0.6) is 11.5 Å². The van der Waals surface area contributed by atoms with Crippen LogP contribution in [0.4, 0.5) is 0 Å². The number of esters is 2. The number of aromatic hydroxyl groups is 1. The van der Waals surface area contributed by atoms with E-state index in [1.165, 1.54) is 6.07 Å². The fourth-order valence-electron chi connectivity index (χ4n) is 6.13. The van der Waals surface area contributed by atoms with Gasteiger partial charge in [-0.05, 0) is 68.6 Å². The maximum absolute atomic E-state index is 13.1. The van der Waals surface area contributed by atoms with Gasteiger partial charge in [0.15, 0.2) is 6.54 Å². The molecule has 4 rings (SSSR count). The van der Waals surface area contributed by atoms with E-state index < -0.39 is 22.4 Å². The van der Waals surface area contributed by atoms with Gasteiger partial charge in [-0.1, -0.05) is 20.3 Å². The molecule has 1 aromatic carbocycles. The SMILES string of the molecule is CC(C)(C(=O)OCCCCCCO[N+](=O)[O-])c1cc(O)c([C@H]2CC(=O)[C@H]3C[C@@H]2C3(C)C)c(OC(=O)C[N+](C)(C)C)c1. The number of fused-ring (bicyclic) bond motifs is 2. The molecular weight excluding hydrogens is 532 g/mol. The summed E-state index contributed by atoms with van der Waals surface area (Å²) in [6.07, 6.45) is 3.56. The normalized spacial score (nSPS) is 21.5. The number of phenolic OH excluding ortho intramolecular Hbond substituents is 1. The van der Waals surface area contributed by atoms with Crippen molar-refractivity contribution < 1.29 is 43.4 Å². The Hall–Kier alpha value is -3.21. The Bertz CT molecular complexity index is 1170. The molecule has 3 atom stereocenters. The van der Waals surface area contributed by atoms with E-state index >= 15 is 0 Å². The second-order valence-corrected chi connectivity index (χ2v) is 13.6. The molecule has 11 nitrogen and oxygen atoms in total. The summed E-state index contributed by atoms with van der Waals surface area (Å²) in [6.45, 7) is 7.81. The summed E-state index contributed by atoms with van der Waals surface area (Å²) in [7, 11) is 5.60. The van der Waals surface area contributed by atoms with E-state index in [0.29, 0.717) is 34.9 Å². The number of ketones is 1. The van der Waals surface area contributed by atoms with Crippen LogP contribution in [0.3, 0.4) is 0 Å². The molecule has 0 unspecified atom stereocenters. The zero-order valence-corrected chi connectivity index (χ0v) is 25.4. The number of unbranched alkanes of at least 4 members (excludes halogenated alkanes) is 3. The molecule has 0 saturated heterocycles. The van der Waals surface area contributed by atoms with Gasteiger partial charge in [0.25, 0.3) is 5.09 Å². The lowest BCUT2D eigenvalue weighted by Crippen LogP contribution is -2.56. The predicted octanol–water partition coefficient (Wildman–Crippen LogP) is 4.31. The van der Waals surface area contributed by atoms with Crippen molar-refractivity contribution in [3.05, 3.63) is 33.4 Å². The van der Waals surface area contributed by atoms with E-state index in [2.05, 4.69) is 18.7 Å². The van der Waals surface area contributed by atoms with Gasteiger partial charge in [0.1, 0.15) is 17.3 Å². The van der Waals surface area contributed by atoms with E-state index in [1.54, 1.807) is 19.9 Å². The van der Waals surface area contributed by atoms with Crippen molar-refractivity contribution in [2.45, 2.75) is 77.6 Å². The lowest BCUT2D eigenvalue weighted by Gasteiger charge is -2.59. The highest BCUT2D eigenvalue weighted by Crippen LogP contribution is 2.64. The predicted molar refractivity (Wildman–Crippen MR) is 150 cm³/mol. The maximum Gasteiger partial charge on any atom is 0.367 e. The Morgan fingerprint density at radius 2 is 1.76 bits per heavy atom. The molecule has 3 fully saturated rings. The minimum Gasteiger partial charge on any atom is -0.508 e. The van der Waals surface area contributed by atoms with Gasteiger partial charge >= 0.3 is 11.9 Å². The van der Waals surface area contributed by atoms with Crippen LogP contribution in [-0.2, 0) is 29.4 Å². The first-order valence-electron chi connectivity index (χ1n) is 14.3. The number of carbonyl (C=O) groups is 3. The lowest BCUT2D eigenvalue weighted by atomic mass is 9.44. The first kappa shape index (κ1) is 32.3. The number of rotatable bonds is 14. The molecule has 3 aliphatic carbocycles. The summed E-state index contributed by atoms with van der Waals surface area (Å²) in [6, 6.07) is 3.15. The average molecular weight is 578 g/mol. The van der Waals surface area contributed by atoms with E-state index in [1.807, 2.05) is 21.1 Å². The minimum atomic E-state index is -1.17. The van der Waals surface area contributed by atoms with Crippen LogP contribution < -0.4 is 4.74 Å². The summed E-state index contributed by atoms with van der Waals surface area (Å²) >= 11 is 0. The van der Waals surface area contributed by atoms with E-state index in [9.17, 15) is 29.6 Å². The summed E-state index contributed by atoms with van der Waals surface area (Å²) in [5.74, 6) is -0.882. The van der Waals surface area contributed by atoms with Crippen LogP contribution in [-0.4, -0.2) is 73.3 Å². The smallest absolute Gasteiger partial charge is 0.367 e. The third-order valence-electron chi connectivity index (χ3n) is 8.66. The molecule has 0 aromatic heterocycles. The molecule has 228 valence electrons. The molecule has 1 aromatic rings. The lowest BCUT2D eigenvalue weighted by molar-refractivity contribution is -0.862. The number of quaternary nitrogens is 1. The molecule has 3 aliphatic rings. The van der Waals surface area contributed by atoms with Gasteiger partial charge < -0.3 is 23.9 Å². The second kappa shape index (κ2) is 12.3. The van der Waals surface area contributed by atoms with Gasteiger partial charge in [-0.3, -0.25) is 9.59 Å². The van der Waals surface area contributed by atoms with Crippen molar-refractivity contribution >= 4 is 17.7 Å². The van der Waals surface area contributed by atoms with E-state index in [-0.39, 0.29) is 66.6 Å². The maximum atomic E-state index is 13.1. The van der Waals surface area contributed by atoms with Gasteiger partial charge in [0.05, 0.1) is 39.8 Å². The number of likely N-dealkylation sites (N-methyl/N-ethyl adjacent to an activating group) is 1. The number of phenols is 1. The van der Waals surface area contributed by atoms with Gasteiger partial charge in [0.2, 0.25) is 0 Å². The zero-order chi connectivity index (χ0) is 30.8. The highest BCUT2D eigenvalue weighted by Gasteiger charge is 2.59. The molecule has 2 bridgehead atoms. The van der Waals surface area contributed by atoms with E-state index in [4.69, 9.17) is 9.47 Å². The summed E-state index contributed by atoms with van der Waals surface area (Å²) in [5.41, 5.74) is -0.503. The molecule has 0 aliphatic heterocycles. The fourth-order valence-corrected chi connectivity index (χ4v) is 6.13. The molecule has 0 spiro atoms. The first-order valence-corrected chi connectivity index (χ1v) is 14.3. The van der Waals surface area contributed by atoms with Crippen LogP contribution in [0, 0.1) is 27.4 Å². The van der Waals surface area contributed by atoms with Crippen LogP contribution in [0.25, 0.3) is 0 Å². The van der Waals surface area contributed by atoms with Crippen LogP contribution >= 0.6 is 0 Å². The van der Waals surface area contributed by atoms with E-state index in [0.717, 1.165) is 12.8 Å². The van der Waals surface area contributed by atoms with Gasteiger partial charge in [0, 0.05) is 23.8 Å². The second-order valence-electron chi connectivity index (χ2n) is 13.6. The molecule has 0 amide bonds. The molecule has 0 heterocycles. The highest BCUT2D eigenvalue weighted by atomic mass is 16.9. The third-order valence-corrected chi connectivity index (χ3v) is 8.66. The van der Waals surface area contributed by atoms with Gasteiger partial charge in [-0.25, -0.2) is 4.79 Å². The molecule has 11 heteroatoms. The Morgan fingerprint density at radius 3 is 2.32 bits per heavy atom. The number of benzene rings is 1.